The molecule has 0 aliphatic heterocycles. The maximum Gasteiger partial charge on any atom is 0.416 e. The summed E-state index contributed by atoms with van der Waals surface area (Å²) in [5.74, 6) is -2.66. The minimum absolute atomic E-state index is 0.0322. The van der Waals surface area contributed by atoms with Gasteiger partial charge in [0.05, 0.1) is 21.8 Å². The van der Waals surface area contributed by atoms with Crippen LogP contribution in [0.2, 0.25) is 5.02 Å². The van der Waals surface area contributed by atoms with Gasteiger partial charge in [-0.2, -0.15) is 13.2 Å². The molecule has 0 fully saturated rings. The molecule has 33 heavy (non-hydrogen) atoms. The number of hydrogen-bond donors (Lipinski definition) is 3. The van der Waals surface area contributed by atoms with E-state index in [1.807, 2.05) is 0 Å². The fourth-order valence-corrected chi connectivity index (χ4v) is 3.60. The number of pyridine rings is 1. The van der Waals surface area contributed by atoms with Gasteiger partial charge in [-0.15, -0.1) is 0 Å². The van der Waals surface area contributed by atoms with Crippen LogP contribution in [0.1, 0.15) is 22.4 Å². The number of aromatic nitrogens is 1. The van der Waals surface area contributed by atoms with Crippen LogP contribution in [0, 0.1) is 5.82 Å². The van der Waals surface area contributed by atoms with Gasteiger partial charge in [-0.1, -0.05) is 41.9 Å². The number of rotatable bonds is 8. The van der Waals surface area contributed by atoms with Crippen LogP contribution in [0.4, 0.5) is 17.6 Å². The Morgan fingerprint density at radius 3 is 2.30 bits per heavy atom. The summed E-state index contributed by atoms with van der Waals surface area (Å²) in [6, 6.07) is 13.6. The van der Waals surface area contributed by atoms with Crippen LogP contribution < -0.4 is 5.32 Å². The normalized spacial score (nSPS) is 14.5. The van der Waals surface area contributed by atoms with Crippen molar-refractivity contribution in [1.29, 1.82) is 0 Å². The highest BCUT2D eigenvalue weighted by Crippen LogP contribution is 2.37. The molecule has 2 unspecified atom stereocenters. The molecular formula is C23H19ClF4N2O3. The van der Waals surface area contributed by atoms with Gasteiger partial charge in [-0.05, 0) is 41.5 Å². The van der Waals surface area contributed by atoms with E-state index in [1.165, 1.54) is 18.3 Å². The van der Waals surface area contributed by atoms with E-state index in [2.05, 4.69) is 10.3 Å². The summed E-state index contributed by atoms with van der Waals surface area (Å²) in [7, 11) is 0. The summed E-state index contributed by atoms with van der Waals surface area (Å²) in [4.78, 5) is 15.4. The number of aliphatic hydroxyl groups excluding tert-OH is 1. The smallest absolute Gasteiger partial charge is 0.416 e. The van der Waals surface area contributed by atoms with Crippen LogP contribution in [0.3, 0.4) is 0 Å². The topological polar surface area (TPSA) is 82.5 Å². The largest absolute Gasteiger partial charge is 0.479 e. The summed E-state index contributed by atoms with van der Waals surface area (Å²) in [5, 5.41) is 22.1. The first-order chi connectivity index (χ1) is 15.5. The molecule has 0 spiro atoms. The van der Waals surface area contributed by atoms with E-state index < -0.39 is 41.7 Å². The molecule has 1 aromatic heterocycles. The van der Waals surface area contributed by atoms with Gasteiger partial charge in [-0.3, -0.25) is 10.3 Å². The predicted octanol–water partition coefficient (Wildman–Crippen LogP) is 4.41. The number of halogens is 5. The second kappa shape index (κ2) is 9.86. The SMILES string of the molecule is O=C(O)C(O)CNC(Cc1ccccc1)(c1cc(F)cc(C(F)(F)F)c1)c1ccc(Cl)cn1. The van der Waals surface area contributed by atoms with Crippen molar-refractivity contribution in [2.75, 3.05) is 6.54 Å². The molecule has 0 bridgehead atoms. The number of benzene rings is 2. The Hall–Kier alpha value is -3.01. The molecule has 2 aromatic carbocycles. The van der Waals surface area contributed by atoms with E-state index in [4.69, 9.17) is 16.7 Å². The molecule has 0 amide bonds. The van der Waals surface area contributed by atoms with Crippen LogP contribution in [-0.4, -0.2) is 33.8 Å². The van der Waals surface area contributed by atoms with Crippen molar-refractivity contribution in [1.82, 2.24) is 10.3 Å². The molecule has 3 aromatic rings. The summed E-state index contributed by atoms with van der Waals surface area (Å²) < 4.78 is 54.9. The highest BCUT2D eigenvalue weighted by molar-refractivity contribution is 6.30. The van der Waals surface area contributed by atoms with E-state index in [0.29, 0.717) is 11.6 Å². The van der Waals surface area contributed by atoms with E-state index in [1.54, 1.807) is 30.3 Å². The van der Waals surface area contributed by atoms with E-state index in [0.717, 1.165) is 12.1 Å². The lowest BCUT2D eigenvalue weighted by molar-refractivity contribution is -0.146. The molecule has 0 saturated carbocycles. The van der Waals surface area contributed by atoms with Gasteiger partial charge in [0.25, 0.3) is 0 Å². The summed E-state index contributed by atoms with van der Waals surface area (Å²) in [5.41, 5.74) is -2.20. The number of nitrogens with zero attached hydrogens (tertiary/aromatic N) is 1. The maximum atomic E-state index is 14.4. The van der Waals surface area contributed by atoms with Crippen molar-refractivity contribution >= 4 is 17.6 Å². The molecule has 0 saturated heterocycles. The number of carbonyl (C=O) groups is 1. The zero-order chi connectivity index (χ0) is 24.2. The van der Waals surface area contributed by atoms with Crippen molar-refractivity contribution < 1.29 is 32.6 Å². The molecule has 174 valence electrons. The molecule has 0 radical (unpaired) electrons. The summed E-state index contributed by atoms with van der Waals surface area (Å²) >= 11 is 5.94. The van der Waals surface area contributed by atoms with Gasteiger partial charge >= 0.3 is 12.1 Å². The third-order valence-corrected chi connectivity index (χ3v) is 5.30. The summed E-state index contributed by atoms with van der Waals surface area (Å²) in [6.07, 6.45) is -5.46. The Balaban J connectivity index is 2.27. The quantitative estimate of drug-likeness (QED) is 0.414. The van der Waals surface area contributed by atoms with Gasteiger partial charge < -0.3 is 10.2 Å². The highest BCUT2D eigenvalue weighted by Gasteiger charge is 2.40. The number of aliphatic carboxylic acids is 1. The average molecular weight is 483 g/mol. The number of aliphatic hydroxyl groups is 1. The molecule has 0 aliphatic carbocycles. The lowest BCUT2D eigenvalue weighted by Crippen LogP contribution is -2.50. The number of hydrogen-bond acceptors (Lipinski definition) is 4. The Kier molecular flexibility index (Phi) is 7.36. The molecule has 10 heteroatoms. The van der Waals surface area contributed by atoms with Crippen molar-refractivity contribution in [3.63, 3.8) is 0 Å². The second-order valence-electron chi connectivity index (χ2n) is 7.39. The Labute approximate surface area is 191 Å². The standard InChI is InChI=1S/C23H19ClF4N2O3/c24-17-6-7-20(29-12-17)22(30-13-19(31)21(32)33,11-14-4-2-1-3-5-14)15-8-16(23(26,27)28)10-18(25)9-15/h1-10,12,19,30-31H,11,13H2,(H,32,33). The molecule has 2 atom stereocenters. The molecule has 0 aliphatic rings. The van der Waals surface area contributed by atoms with Gasteiger partial charge in [-0.25, -0.2) is 9.18 Å². The molecular weight excluding hydrogens is 464 g/mol. The first kappa shape index (κ1) is 24.6. The van der Waals surface area contributed by atoms with Crippen LogP contribution >= 0.6 is 11.6 Å². The van der Waals surface area contributed by atoms with Crippen LogP contribution in [0.25, 0.3) is 0 Å². The minimum Gasteiger partial charge on any atom is -0.479 e. The van der Waals surface area contributed by atoms with Gasteiger partial charge in [0, 0.05) is 19.2 Å². The lowest BCUT2D eigenvalue weighted by Gasteiger charge is -2.36. The summed E-state index contributed by atoms with van der Waals surface area (Å²) in [6.45, 7) is -0.551. The minimum atomic E-state index is -4.83. The molecule has 3 N–H and O–H groups in total. The van der Waals surface area contributed by atoms with Crippen molar-refractivity contribution in [3.8, 4) is 0 Å². The third-order valence-electron chi connectivity index (χ3n) is 5.08. The first-order valence-corrected chi connectivity index (χ1v) is 10.1. The molecule has 3 rings (SSSR count). The van der Waals surface area contributed by atoms with Crippen molar-refractivity contribution in [3.05, 3.63) is 100 Å². The Morgan fingerprint density at radius 1 is 1.06 bits per heavy atom. The number of carboxylic acids is 1. The Morgan fingerprint density at radius 2 is 1.73 bits per heavy atom. The van der Waals surface area contributed by atoms with Gasteiger partial charge in [0.1, 0.15) is 5.82 Å². The zero-order valence-electron chi connectivity index (χ0n) is 17.0. The molecule has 5 nitrogen and oxygen atoms in total. The maximum absolute atomic E-state index is 14.4. The fourth-order valence-electron chi connectivity index (χ4n) is 3.48. The second-order valence-corrected chi connectivity index (χ2v) is 7.83. The average Bonchev–Trinajstić information content (AvgIpc) is 2.76. The molecule has 1 heterocycles. The van der Waals surface area contributed by atoms with E-state index in [-0.39, 0.29) is 22.7 Å². The van der Waals surface area contributed by atoms with Crippen molar-refractivity contribution in [2.24, 2.45) is 0 Å². The van der Waals surface area contributed by atoms with Crippen LogP contribution in [-0.2, 0) is 22.9 Å². The first-order valence-electron chi connectivity index (χ1n) is 9.71. The lowest BCUT2D eigenvalue weighted by atomic mass is 9.79. The number of alkyl halides is 3. The predicted molar refractivity (Wildman–Crippen MR) is 113 cm³/mol. The van der Waals surface area contributed by atoms with Crippen molar-refractivity contribution in [2.45, 2.75) is 24.2 Å². The highest BCUT2D eigenvalue weighted by atomic mass is 35.5. The monoisotopic (exact) mass is 482 g/mol. The van der Waals surface area contributed by atoms with Gasteiger partial charge in [0.2, 0.25) is 0 Å². The van der Waals surface area contributed by atoms with Crippen LogP contribution in [0.5, 0.6) is 0 Å². The van der Waals surface area contributed by atoms with E-state index >= 15 is 0 Å². The third kappa shape index (κ3) is 5.87. The zero-order valence-corrected chi connectivity index (χ0v) is 17.7. The number of nitrogens with one attached hydrogen (secondary N) is 1. The van der Waals surface area contributed by atoms with Gasteiger partial charge in [0.15, 0.2) is 6.10 Å². The Bertz CT molecular complexity index is 1110. The van der Waals surface area contributed by atoms with Crippen LogP contribution in [0.15, 0.2) is 66.9 Å². The fraction of sp³-hybridized carbons (Fsp3) is 0.217. The van der Waals surface area contributed by atoms with E-state index in [9.17, 15) is 27.5 Å². The number of carboxylic acid groups (broad SMARTS) is 1.